The molecule has 0 unspecified atom stereocenters. The number of piperazine rings is 1. The average Bonchev–Trinajstić information content (AvgIpc) is 2.52. The minimum Gasteiger partial charge on any atom is -0.423 e. The van der Waals surface area contributed by atoms with Gasteiger partial charge in [0.1, 0.15) is 0 Å². The molecular weight excluding hydrogens is 513 g/mol. The average molecular weight is 524 g/mol. The molecule has 0 aromatic heterocycles. The second kappa shape index (κ2) is 7.60. The molecule has 1 aliphatic heterocycles. The van der Waals surface area contributed by atoms with Crippen molar-refractivity contribution in [2.45, 2.75) is 21.9 Å². The first kappa shape index (κ1) is 27.1. The van der Waals surface area contributed by atoms with E-state index in [1.54, 1.807) is 0 Å². The van der Waals surface area contributed by atoms with E-state index in [0.717, 1.165) is 0 Å². The van der Waals surface area contributed by atoms with Gasteiger partial charge >= 0.3 is 21.9 Å². The lowest BCUT2D eigenvalue weighted by Gasteiger charge is -2.39. The molecule has 0 aromatic rings. The monoisotopic (exact) mass is 524 g/mol. The topological polar surface area (TPSA) is 123 Å². The molecule has 1 aliphatic rings. The van der Waals surface area contributed by atoms with Gasteiger partial charge in [0.05, 0.1) is 0 Å². The first-order valence-electron chi connectivity index (χ1n) is 7.07. The van der Waals surface area contributed by atoms with Gasteiger partial charge in [-0.25, -0.2) is 25.3 Å². The fourth-order valence-corrected chi connectivity index (χ4v) is 5.59. The predicted octanol–water partition coefficient (Wildman–Crippen LogP) is 0.938. The summed E-state index contributed by atoms with van der Waals surface area (Å²) in [5.74, 6) is -7.42. The maximum absolute atomic E-state index is 14.0. The first-order valence-corrected chi connectivity index (χ1v) is 11.4. The van der Waals surface area contributed by atoms with E-state index < -0.39 is 65.1 Å². The van der Waals surface area contributed by atoms with Crippen LogP contribution in [0, 0.1) is 0 Å². The Balaban J connectivity index is 3.45. The molecule has 180 valence electrons. The van der Waals surface area contributed by atoms with Crippen LogP contribution in [0.25, 0.3) is 4.13 Å². The zero-order valence-corrected chi connectivity index (χ0v) is 16.7. The molecular formula is C9H11F9N3O6S3-. The Kier molecular flexibility index (Phi) is 6.88. The van der Waals surface area contributed by atoms with Gasteiger partial charge in [-0.2, -0.15) is 43.8 Å². The second-order valence-electron chi connectivity index (χ2n) is 5.79. The molecule has 1 saturated heterocycles. The van der Waals surface area contributed by atoms with Crippen molar-refractivity contribution in [1.82, 2.24) is 9.21 Å². The zero-order chi connectivity index (χ0) is 24.2. The smallest absolute Gasteiger partial charge is 0.423 e. The van der Waals surface area contributed by atoms with E-state index in [-0.39, 0.29) is 17.4 Å². The Hall–Kier alpha value is -0.900. The summed E-state index contributed by atoms with van der Waals surface area (Å²) >= 11 is 0. The maximum Gasteiger partial charge on any atom is 0.480 e. The minimum atomic E-state index is -7.88. The number of rotatable bonds is 7. The largest absolute Gasteiger partial charge is 0.480 e. The van der Waals surface area contributed by atoms with Crippen LogP contribution in [0.5, 0.6) is 0 Å². The van der Waals surface area contributed by atoms with Gasteiger partial charge in [-0.05, 0) is 7.05 Å². The van der Waals surface area contributed by atoms with E-state index in [1.807, 2.05) is 0 Å². The van der Waals surface area contributed by atoms with Gasteiger partial charge in [-0.3, -0.25) is 0 Å². The van der Waals surface area contributed by atoms with Crippen LogP contribution in [-0.4, -0.2) is 89.6 Å². The molecule has 0 radical (unpaired) electrons. The van der Waals surface area contributed by atoms with Crippen LogP contribution in [0.15, 0.2) is 0 Å². The highest BCUT2D eigenvalue weighted by molar-refractivity contribution is 8.13. The minimum absolute atomic E-state index is 0.311. The number of hydrogen-bond donors (Lipinski definition) is 0. The Morgan fingerprint density at radius 1 is 0.667 bits per heavy atom. The van der Waals surface area contributed by atoms with Crippen molar-refractivity contribution in [3.8, 4) is 0 Å². The standard InChI is InChI=1S/C9H11F9N3O6S3/c1-20-2-4-21(5-3-20)30(26,27)8(14,15)6(10,11)7(12,13)28(22,23)19-29(24,25)9(16,17)18/h2-5H2,1H3/q-1. The number of nitrogens with zero attached hydrogens (tertiary/aromatic N) is 3. The van der Waals surface area contributed by atoms with Gasteiger partial charge in [-0.15, -0.1) is 0 Å². The third kappa shape index (κ3) is 4.23. The van der Waals surface area contributed by atoms with Gasteiger partial charge < -0.3 is 9.03 Å². The summed E-state index contributed by atoms with van der Waals surface area (Å²) in [6.07, 6.45) is 0. The van der Waals surface area contributed by atoms with Gasteiger partial charge in [0.15, 0.2) is 20.0 Å². The predicted molar refractivity (Wildman–Crippen MR) is 80.1 cm³/mol. The summed E-state index contributed by atoms with van der Waals surface area (Å²) in [6, 6.07) is 0. The van der Waals surface area contributed by atoms with Gasteiger partial charge in [0.2, 0.25) is 0 Å². The molecule has 0 N–H and O–H groups in total. The van der Waals surface area contributed by atoms with E-state index in [4.69, 9.17) is 0 Å². The Labute approximate surface area is 163 Å². The second-order valence-corrected chi connectivity index (χ2v) is 11.2. The van der Waals surface area contributed by atoms with E-state index in [1.165, 1.54) is 11.9 Å². The highest BCUT2D eigenvalue weighted by Crippen LogP contribution is 2.53. The highest BCUT2D eigenvalue weighted by Gasteiger charge is 2.81. The molecule has 0 atom stereocenters. The van der Waals surface area contributed by atoms with Crippen molar-refractivity contribution in [3.63, 3.8) is 0 Å². The molecule has 0 aromatic carbocycles. The molecule has 0 saturated carbocycles. The van der Waals surface area contributed by atoms with Crippen molar-refractivity contribution in [1.29, 1.82) is 0 Å². The highest BCUT2D eigenvalue weighted by atomic mass is 32.3. The van der Waals surface area contributed by atoms with Crippen LogP contribution in [0.4, 0.5) is 39.5 Å². The quantitative estimate of drug-likeness (QED) is 0.454. The van der Waals surface area contributed by atoms with Crippen LogP contribution in [0.3, 0.4) is 0 Å². The van der Waals surface area contributed by atoms with Crippen molar-refractivity contribution in [2.24, 2.45) is 0 Å². The number of halogens is 9. The van der Waals surface area contributed by atoms with E-state index in [9.17, 15) is 64.8 Å². The van der Waals surface area contributed by atoms with Crippen LogP contribution >= 0.6 is 0 Å². The molecule has 30 heavy (non-hydrogen) atoms. The number of sulfonamides is 3. The van der Waals surface area contributed by atoms with Crippen LogP contribution in [-0.2, 0) is 30.1 Å². The lowest BCUT2D eigenvalue weighted by atomic mass is 10.3. The van der Waals surface area contributed by atoms with Gasteiger partial charge in [-0.1, -0.05) is 0 Å². The van der Waals surface area contributed by atoms with E-state index >= 15 is 0 Å². The summed E-state index contributed by atoms with van der Waals surface area (Å²) in [7, 11) is -20.6. The normalized spacial score (nSPS) is 19.8. The van der Waals surface area contributed by atoms with Crippen molar-refractivity contribution < 1.29 is 64.8 Å². The lowest BCUT2D eigenvalue weighted by molar-refractivity contribution is -0.244. The van der Waals surface area contributed by atoms with Crippen molar-refractivity contribution >= 4 is 30.1 Å². The maximum atomic E-state index is 14.0. The summed E-state index contributed by atoms with van der Waals surface area (Å²) in [5.41, 5.74) is -6.67. The molecule has 21 heteroatoms. The van der Waals surface area contributed by atoms with Crippen molar-refractivity contribution in [3.05, 3.63) is 4.13 Å². The summed E-state index contributed by atoms with van der Waals surface area (Å²) in [4.78, 5) is 1.34. The fraction of sp³-hybridized carbons (Fsp3) is 1.00. The SMILES string of the molecule is CN1CCN(S(=O)(=O)C(F)(F)C(F)(F)C(F)(F)S(=O)(=O)[N-]S(=O)(=O)C(F)(F)F)CC1. The van der Waals surface area contributed by atoms with Crippen molar-refractivity contribution in [2.75, 3.05) is 33.2 Å². The molecule has 0 bridgehead atoms. The zero-order valence-electron chi connectivity index (χ0n) is 14.2. The Morgan fingerprint density at radius 2 is 1.07 bits per heavy atom. The third-order valence-electron chi connectivity index (χ3n) is 3.67. The van der Waals surface area contributed by atoms with E-state index in [0.29, 0.717) is 4.13 Å². The number of hydrogen-bond acceptors (Lipinski definition) is 7. The van der Waals surface area contributed by atoms with E-state index in [2.05, 4.69) is 0 Å². The summed E-state index contributed by atoms with van der Waals surface area (Å²) < 4.78 is 187. The Morgan fingerprint density at radius 3 is 1.43 bits per heavy atom. The van der Waals surface area contributed by atoms with Gasteiger partial charge in [0, 0.05) is 26.2 Å². The Bertz CT molecular complexity index is 969. The first-order chi connectivity index (χ1) is 13.0. The molecule has 9 nitrogen and oxygen atoms in total. The molecule has 0 aliphatic carbocycles. The molecule has 0 spiro atoms. The van der Waals surface area contributed by atoms with Crippen LogP contribution in [0.2, 0.25) is 0 Å². The molecule has 0 amide bonds. The third-order valence-corrected chi connectivity index (χ3v) is 8.68. The fourth-order valence-electron chi connectivity index (χ4n) is 1.90. The molecule has 1 heterocycles. The molecule has 1 rings (SSSR count). The number of likely N-dealkylation sites (N-methyl/N-ethyl adjacent to an activating group) is 1. The van der Waals surface area contributed by atoms with Crippen LogP contribution < -0.4 is 0 Å². The summed E-state index contributed by atoms with van der Waals surface area (Å²) in [5, 5.41) is -14.3. The van der Waals surface area contributed by atoms with Gasteiger partial charge in [0.25, 0.3) is 10.0 Å². The lowest BCUT2D eigenvalue weighted by Crippen LogP contribution is -2.64. The van der Waals surface area contributed by atoms with Crippen LogP contribution in [0.1, 0.15) is 0 Å². The molecule has 1 fully saturated rings. The number of alkyl halides is 9. The summed E-state index contributed by atoms with van der Waals surface area (Å²) in [6.45, 7) is -2.41.